The molecule has 0 aliphatic heterocycles. The summed E-state index contributed by atoms with van der Waals surface area (Å²) in [4.78, 5) is 0. The van der Waals surface area contributed by atoms with Gasteiger partial charge in [0.1, 0.15) is 12.3 Å². The Morgan fingerprint density at radius 3 is 1.58 bits per heavy atom. The highest BCUT2D eigenvalue weighted by molar-refractivity contribution is 4.84. The van der Waals surface area contributed by atoms with E-state index in [0.29, 0.717) is 0 Å². The van der Waals surface area contributed by atoms with Crippen molar-refractivity contribution in [2.24, 2.45) is 5.92 Å². The molecule has 2 atom stereocenters. The number of rotatable bonds is 0. The van der Waals surface area contributed by atoms with Crippen LogP contribution in [0.3, 0.4) is 0 Å². The molecule has 12 heavy (non-hydrogen) atoms. The highest BCUT2D eigenvalue weighted by Gasteiger charge is 2.36. The maximum Gasteiger partial charge on any atom is 0.162 e. The average Bonchev–Trinajstić information content (AvgIpc) is 2.04. The molecule has 3 heteroatoms. The van der Waals surface area contributed by atoms with Crippen molar-refractivity contribution in [2.45, 2.75) is 52.1 Å². The number of hydrogen-bond acceptors (Lipinski definition) is 0. The van der Waals surface area contributed by atoms with E-state index in [0.717, 1.165) is 0 Å². The smallest absolute Gasteiger partial charge is 0.162 e. The summed E-state index contributed by atoms with van der Waals surface area (Å²) < 4.78 is 37.3. The van der Waals surface area contributed by atoms with Crippen LogP contribution >= 0.6 is 0 Å². The summed E-state index contributed by atoms with van der Waals surface area (Å²) in [5.41, 5.74) is 0. The largest absolute Gasteiger partial charge is 0.244 e. The Morgan fingerprint density at radius 2 is 1.25 bits per heavy atom. The highest BCUT2D eigenvalue weighted by Crippen LogP contribution is 2.30. The third kappa shape index (κ3) is 3.03. The zero-order valence-corrected chi connectivity index (χ0v) is 7.86. The van der Waals surface area contributed by atoms with E-state index in [4.69, 9.17) is 0 Å². The monoisotopic (exact) mass is 182 g/mol. The zero-order valence-electron chi connectivity index (χ0n) is 7.86. The van der Waals surface area contributed by atoms with Crippen molar-refractivity contribution >= 4 is 0 Å². The molecule has 1 rings (SSSR count). The van der Waals surface area contributed by atoms with Gasteiger partial charge < -0.3 is 0 Å². The van der Waals surface area contributed by atoms with E-state index in [1.807, 2.05) is 13.8 Å². The van der Waals surface area contributed by atoms with Gasteiger partial charge in [-0.05, 0) is 18.8 Å². The van der Waals surface area contributed by atoms with Crippen molar-refractivity contribution in [1.82, 2.24) is 0 Å². The maximum absolute atomic E-state index is 12.5. The van der Waals surface area contributed by atoms with Crippen LogP contribution in [0.25, 0.3) is 0 Å². The number of halogens is 3. The standard InChI is InChI=1S/C7H11F3.C2H6/c1-4-2-5(8)7(10)6(9)3-4;1-2/h4-7H,2-3H2,1H3;1-2H3. The van der Waals surface area contributed by atoms with E-state index in [9.17, 15) is 13.2 Å². The molecule has 0 bridgehead atoms. The van der Waals surface area contributed by atoms with Gasteiger partial charge in [0, 0.05) is 0 Å². The van der Waals surface area contributed by atoms with Crippen LogP contribution in [-0.4, -0.2) is 18.5 Å². The Morgan fingerprint density at radius 1 is 0.917 bits per heavy atom. The second-order valence-corrected chi connectivity index (χ2v) is 3.05. The van der Waals surface area contributed by atoms with Gasteiger partial charge in [-0.25, -0.2) is 13.2 Å². The highest BCUT2D eigenvalue weighted by atomic mass is 19.2. The summed E-state index contributed by atoms with van der Waals surface area (Å²) >= 11 is 0. The van der Waals surface area contributed by atoms with Gasteiger partial charge in [-0.2, -0.15) is 0 Å². The lowest BCUT2D eigenvalue weighted by molar-refractivity contribution is 0.0222. The van der Waals surface area contributed by atoms with E-state index >= 15 is 0 Å². The lowest BCUT2D eigenvalue weighted by Crippen LogP contribution is -2.36. The van der Waals surface area contributed by atoms with Gasteiger partial charge in [0.25, 0.3) is 0 Å². The first-order valence-electron chi connectivity index (χ1n) is 4.53. The zero-order chi connectivity index (χ0) is 9.72. The lowest BCUT2D eigenvalue weighted by atomic mass is 9.87. The molecule has 1 aliphatic carbocycles. The molecule has 0 radical (unpaired) electrons. The molecule has 0 aromatic rings. The molecule has 0 amide bonds. The van der Waals surface area contributed by atoms with Crippen molar-refractivity contribution in [3.05, 3.63) is 0 Å². The average molecular weight is 182 g/mol. The Hall–Kier alpha value is -0.210. The van der Waals surface area contributed by atoms with Crippen LogP contribution in [0.4, 0.5) is 13.2 Å². The van der Waals surface area contributed by atoms with Crippen molar-refractivity contribution in [3.63, 3.8) is 0 Å². The molecular weight excluding hydrogens is 165 g/mol. The molecule has 0 aromatic carbocycles. The first-order chi connectivity index (χ1) is 5.61. The van der Waals surface area contributed by atoms with Crippen molar-refractivity contribution in [3.8, 4) is 0 Å². The van der Waals surface area contributed by atoms with Crippen LogP contribution in [0.15, 0.2) is 0 Å². The predicted octanol–water partition coefficient (Wildman–Crippen LogP) is 3.46. The van der Waals surface area contributed by atoms with E-state index < -0.39 is 18.5 Å². The van der Waals surface area contributed by atoms with Crippen LogP contribution in [-0.2, 0) is 0 Å². The summed E-state index contributed by atoms with van der Waals surface area (Å²) in [6.07, 6.45) is -4.71. The van der Waals surface area contributed by atoms with Crippen LogP contribution in [0.1, 0.15) is 33.6 Å². The third-order valence-corrected chi connectivity index (χ3v) is 1.95. The first-order valence-corrected chi connectivity index (χ1v) is 4.53. The summed E-state index contributed by atoms with van der Waals surface area (Å²) in [5.74, 6) is -0.0167. The second-order valence-electron chi connectivity index (χ2n) is 3.05. The summed E-state index contributed by atoms with van der Waals surface area (Å²) in [5, 5.41) is 0. The molecule has 0 nitrogen and oxygen atoms in total. The fourth-order valence-electron chi connectivity index (χ4n) is 1.35. The van der Waals surface area contributed by atoms with Gasteiger partial charge in [0.05, 0.1) is 0 Å². The van der Waals surface area contributed by atoms with Gasteiger partial charge in [-0.15, -0.1) is 0 Å². The maximum atomic E-state index is 12.5. The normalized spacial score (nSPS) is 41.5. The molecule has 1 aliphatic rings. The van der Waals surface area contributed by atoms with Gasteiger partial charge >= 0.3 is 0 Å². The fraction of sp³-hybridized carbons (Fsp3) is 1.00. The van der Waals surface area contributed by atoms with Crippen molar-refractivity contribution < 1.29 is 13.2 Å². The SMILES string of the molecule is CC.CC1CC(F)C(F)C(F)C1. The Labute approximate surface area is 72.2 Å². The Kier molecular flexibility index (Phi) is 5.34. The number of alkyl halides is 3. The fourth-order valence-corrected chi connectivity index (χ4v) is 1.35. The topological polar surface area (TPSA) is 0 Å². The Balaban J connectivity index is 0.000000561. The minimum Gasteiger partial charge on any atom is -0.244 e. The van der Waals surface area contributed by atoms with Crippen molar-refractivity contribution in [1.29, 1.82) is 0 Å². The minimum atomic E-state index is -1.88. The van der Waals surface area contributed by atoms with Crippen molar-refractivity contribution in [2.75, 3.05) is 0 Å². The molecule has 1 fully saturated rings. The van der Waals surface area contributed by atoms with Crippen LogP contribution in [0, 0.1) is 5.92 Å². The lowest BCUT2D eigenvalue weighted by Gasteiger charge is -2.27. The molecule has 0 saturated heterocycles. The van der Waals surface area contributed by atoms with Crippen LogP contribution in [0.2, 0.25) is 0 Å². The van der Waals surface area contributed by atoms with Gasteiger partial charge in [-0.3, -0.25) is 0 Å². The summed E-state index contributed by atoms with van der Waals surface area (Å²) in [6, 6.07) is 0. The van der Waals surface area contributed by atoms with E-state index in [-0.39, 0.29) is 18.8 Å². The van der Waals surface area contributed by atoms with E-state index in [2.05, 4.69) is 0 Å². The molecule has 0 heterocycles. The molecule has 0 N–H and O–H groups in total. The first kappa shape index (κ1) is 11.8. The van der Waals surface area contributed by atoms with E-state index in [1.54, 1.807) is 6.92 Å². The minimum absolute atomic E-state index is 0.0167. The molecular formula is C9H17F3. The summed E-state index contributed by atoms with van der Waals surface area (Å²) in [7, 11) is 0. The predicted molar refractivity (Wildman–Crippen MR) is 44.4 cm³/mol. The second kappa shape index (κ2) is 5.44. The quantitative estimate of drug-likeness (QED) is 0.538. The molecule has 74 valence electrons. The molecule has 1 saturated carbocycles. The third-order valence-electron chi connectivity index (χ3n) is 1.95. The van der Waals surface area contributed by atoms with E-state index in [1.165, 1.54) is 0 Å². The molecule has 0 spiro atoms. The van der Waals surface area contributed by atoms with Crippen LogP contribution in [0.5, 0.6) is 0 Å². The van der Waals surface area contributed by atoms with Gasteiger partial charge in [-0.1, -0.05) is 20.8 Å². The molecule has 2 unspecified atom stereocenters. The number of hydrogen-bond donors (Lipinski definition) is 0. The molecule has 0 aromatic heterocycles. The van der Waals surface area contributed by atoms with Gasteiger partial charge in [0.2, 0.25) is 0 Å². The summed E-state index contributed by atoms with van der Waals surface area (Å²) in [6.45, 7) is 5.74. The van der Waals surface area contributed by atoms with Crippen LogP contribution < -0.4 is 0 Å². The van der Waals surface area contributed by atoms with Gasteiger partial charge in [0.15, 0.2) is 6.17 Å². The Bertz CT molecular complexity index is 104.